The maximum absolute atomic E-state index is 9.36. The molecule has 0 saturated carbocycles. The van der Waals surface area contributed by atoms with Gasteiger partial charge < -0.3 is 10.2 Å². The Kier molecular flexibility index (Phi) is 5.35. The molecule has 0 aliphatic carbocycles. The number of nitrogens with zero attached hydrogens (tertiary/aromatic N) is 2. The van der Waals surface area contributed by atoms with Gasteiger partial charge in [0, 0.05) is 25.0 Å². The summed E-state index contributed by atoms with van der Waals surface area (Å²) in [6.45, 7) is 1.88. The number of hydrogen-bond acceptors (Lipinski definition) is 2. The number of pyridine rings is 2. The highest BCUT2D eigenvalue weighted by Gasteiger charge is 2.03. The minimum Gasteiger partial charge on any atom is -0.503 e. The first-order chi connectivity index (χ1) is 9.74. The van der Waals surface area contributed by atoms with Gasteiger partial charge in [-0.2, -0.15) is 0 Å². The van der Waals surface area contributed by atoms with Crippen LogP contribution in [0.5, 0.6) is 11.5 Å². The molecule has 0 amide bonds. The Morgan fingerprint density at radius 3 is 1.55 bits per heavy atom. The number of aromatic nitrogens is 2. The van der Waals surface area contributed by atoms with Crippen LogP contribution in [0.4, 0.5) is 0 Å². The molecule has 2 rings (SSSR count). The summed E-state index contributed by atoms with van der Waals surface area (Å²) < 4.78 is 4.03. The highest BCUT2D eigenvalue weighted by Crippen LogP contribution is 2.04. The first-order valence-corrected chi connectivity index (χ1v) is 7.10. The minimum absolute atomic E-state index is 0.313. The van der Waals surface area contributed by atoms with Crippen molar-refractivity contribution < 1.29 is 19.3 Å². The van der Waals surface area contributed by atoms with E-state index in [0.29, 0.717) is 11.5 Å². The second kappa shape index (κ2) is 7.48. The lowest BCUT2D eigenvalue weighted by molar-refractivity contribution is -0.699. The van der Waals surface area contributed by atoms with Gasteiger partial charge in [0.05, 0.1) is 0 Å². The lowest BCUT2D eigenvalue weighted by Gasteiger charge is -1.99. The summed E-state index contributed by atoms with van der Waals surface area (Å²) in [5.41, 5.74) is 0. The fourth-order valence-corrected chi connectivity index (χ4v) is 2.24. The predicted octanol–water partition coefficient (Wildman–Crippen LogP) is 1.93. The molecule has 2 aromatic heterocycles. The first kappa shape index (κ1) is 14.3. The molecule has 20 heavy (non-hydrogen) atoms. The van der Waals surface area contributed by atoms with Gasteiger partial charge >= 0.3 is 0 Å². The third-order valence-corrected chi connectivity index (χ3v) is 3.27. The lowest BCUT2D eigenvalue weighted by Crippen LogP contribution is -2.33. The molecule has 2 N–H and O–H groups in total. The van der Waals surface area contributed by atoms with E-state index in [4.69, 9.17) is 0 Å². The van der Waals surface area contributed by atoms with Gasteiger partial charge in [-0.3, -0.25) is 0 Å². The van der Waals surface area contributed by atoms with Gasteiger partial charge in [-0.05, 0) is 25.0 Å². The molecule has 0 aliphatic heterocycles. The van der Waals surface area contributed by atoms with E-state index in [1.807, 2.05) is 33.7 Å². The van der Waals surface area contributed by atoms with E-state index in [1.165, 1.54) is 12.8 Å². The second-order valence-electron chi connectivity index (χ2n) is 5.01. The van der Waals surface area contributed by atoms with Crippen molar-refractivity contribution in [1.82, 2.24) is 0 Å². The zero-order valence-corrected chi connectivity index (χ0v) is 11.7. The SMILES string of the molecule is Oc1ccc[n+](CCCCCC[n+]2cccc(O)c2)c1. The Bertz CT molecular complexity index is 494. The second-order valence-corrected chi connectivity index (χ2v) is 5.01. The Balaban J connectivity index is 1.60. The fourth-order valence-electron chi connectivity index (χ4n) is 2.24. The van der Waals surface area contributed by atoms with Crippen molar-refractivity contribution in [3.63, 3.8) is 0 Å². The van der Waals surface area contributed by atoms with E-state index < -0.39 is 0 Å². The van der Waals surface area contributed by atoms with Gasteiger partial charge in [-0.1, -0.05) is 0 Å². The van der Waals surface area contributed by atoms with E-state index in [9.17, 15) is 10.2 Å². The van der Waals surface area contributed by atoms with Crippen LogP contribution in [0.25, 0.3) is 0 Å². The van der Waals surface area contributed by atoms with Crippen molar-refractivity contribution in [1.29, 1.82) is 0 Å². The van der Waals surface area contributed by atoms with Crippen LogP contribution in [0, 0.1) is 0 Å². The van der Waals surface area contributed by atoms with Gasteiger partial charge in [0.25, 0.3) is 0 Å². The number of aromatic hydroxyl groups is 2. The van der Waals surface area contributed by atoms with Gasteiger partial charge in [-0.15, -0.1) is 0 Å². The molecule has 0 saturated heterocycles. The third kappa shape index (κ3) is 4.88. The first-order valence-electron chi connectivity index (χ1n) is 7.10. The van der Waals surface area contributed by atoms with Crippen molar-refractivity contribution in [2.75, 3.05) is 0 Å². The molecule has 0 radical (unpaired) electrons. The van der Waals surface area contributed by atoms with E-state index >= 15 is 0 Å². The highest BCUT2D eigenvalue weighted by molar-refractivity contribution is 5.09. The molecule has 106 valence electrons. The molecule has 0 aromatic carbocycles. The molecule has 0 spiro atoms. The molecule has 0 bridgehead atoms. The monoisotopic (exact) mass is 274 g/mol. The highest BCUT2D eigenvalue weighted by atomic mass is 16.3. The van der Waals surface area contributed by atoms with Crippen LogP contribution < -0.4 is 9.13 Å². The molecule has 4 nitrogen and oxygen atoms in total. The molecular formula is C16H22N2O2+2. The number of hydrogen-bond donors (Lipinski definition) is 2. The minimum atomic E-state index is 0.313. The summed E-state index contributed by atoms with van der Waals surface area (Å²) in [5, 5.41) is 18.7. The summed E-state index contributed by atoms with van der Waals surface area (Å²) in [5.74, 6) is 0.626. The van der Waals surface area contributed by atoms with E-state index in [-0.39, 0.29) is 0 Å². The molecule has 0 unspecified atom stereocenters. The molecule has 2 aromatic rings. The van der Waals surface area contributed by atoms with Crippen LogP contribution in [-0.4, -0.2) is 10.2 Å². The zero-order valence-electron chi connectivity index (χ0n) is 11.7. The van der Waals surface area contributed by atoms with Gasteiger partial charge in [0.1, 0.15) is 13.1 Å². The topological polar surface area (TPSA) is 48.2 Å². The fraction of sp³-hybridized carbons (Fsp3) is 0.375. The smallest absolute Gasteiger partial charge is 0.210 e. The largest absolute Gasteiger partial charge is 0.503 e. The summed E-state index contributed by atoms with van der Waals surface area (Å²) in [4.78, 5) is 0. The summed E-state index contributed by atoms with van der Waals surface area (Å²) in [6.07, 6.45) is 12.0. The van der Waals surface area contributed by atoms with Crippen molar-refractivity contribution in [2.24, 2.45) is 0 Å². The van der Waals surface area contributed by atoms with Crippen LogP contribution in [0.3, 0.4) is 0 Å². The van der Waals surface area contributed by atoms with Crippen LogP contribution in [0.1, 0.15) is 25.7 Å². The quantitative estimate of drug-likeness (QED) is 0.599. The standard InChI is InChI=1S/C16H20N2O2/c19-15-7-5-11-17(13-15)9-3-1-2-4-10-18-12-6-8-16(20)14-18/h5-8,11-14H,1-4,9-10H2/p+2. The Morgan fingerprint density at radius 2 is 1.15 bits per heavy atom. The zero-order chi connectivity index (χ0) is 14.2. The number of rotatable bonds is 7. The number of unbranched alkanes of at least 4 members (excludes halogenated alkanes) is 3. The number of aryl methyl sites for hydroxylation is 2. The van der Waals surface area contributed by atoms with Gasteiger partial charge in [-0.25, -0.2) is 9.13 Å². The van der Waals surface area contributed by atoms with Crippen LogP contribution in [0.15, 0.2) is 49.1 Å². The van der Waals surface area contributed by atoms with Gasteiger partial charge in [0.15, 0.2) is 23.9 Å². The van der Waals surface area contributed by atoms with Crippen molar-refractivity contribution in [3.05, 3.63) is 49.1 Å². The molecule has 0 atom stereocenters. The molecule has 0 fully saturated rings. The molecule has 0 aliphatic rings. The maximum Gasteiger partial charge on any atom is 0.210 e. The molecule has 4 heteroatoms. The molecular weight excluding hydrogens is 252 g/mol. The average molecular weight is 274 g/mol. The summed E-state index contributed by atoms with van der Waals surface area (Å²) >= 11 is 0. The van der Waals surface area contributed by atoms with E-state index in [0.717, 1.165) is 25.9 Å². The summed E-state index contributed by atoms with van der Waals surface area (Å²) in [7, 11) is 0. The van der Waals surface area contributed by atoms with E-state index in [1.54, 1.807) is 24.5 Å². The third-order valence-electron chi connectivity index (χ3n) is 3.27. The summed E-state index contributed by atoms with van der Waals surface area (Å²) in [6, 6.07) is 7.08. The lowest BCUT2D eigenvalue weighted by atomic mass is 10.2. The van der Waals surface area contributed by atoms with E-state index in [2.05, 4.69) is 0 Å². The van der Waals surface area contributed by atoms with Crippen LogP contribution >= 0.6 is 0 Å². The van der Waals surface area contributed by atoms with Crippen LogP contribution in [-0.2, 0) is 13.1 Å². The normalized spacial score (nSPS) is 10.6. The Morgan fingerprint density at radius 1 is 0.700 bits per heavy atom. The maximum atomic E-state index is 9.36. The van der Waals surface area contributed by atoms with Gasteiger partial charge in [0.2, 0.25) is 12.4 Å². The Labute approximate surface area is 119 Å². The average Bonchev–Trinajstić information content (AvgIpc) is 2.43. The Hall–Kier alpha value is -2.10. The van der Waals surface area contributed by atoms with Crippen molar-refractivity contribution in [3.8, 4) is 11.5 Å². The van der Waals surface area contributed by atoms with Crippen molar-refractivity contribution in [2.45, 2.75) is 38.8 Å². The van der Waals surface area contributed by atoms with Crippen molar-refractivity contribution >= 4 is 0 Å². The molecule has 2 heterocycles. The van der Waals surface area contributed by atoms with Crippen LogP contribution in [0.2, 0.25) is 0 Å². The predicted molar refractivity (Wildman–Crippen MR) is 75.1 cm³/mol.